The molecule has 1 aliphatic rings. The molecule has 3 heterocycles. The van der Waals surface area contributed by atoms with Crippen LogP contribution in [0.4, 0.5) is 13.2 Å². The molecule has 3 aromatic rings. The number of carbonyl (C=O) groups is 2. The Morgan fingerprint density at radius 3 is 2.41 bits per heavy atom. The van der Waals surface area contributed by atoms with Gasteiger partial charge in [0.15, 0.2) is 15.9 Å². The van der Waals surface area contributed by atoms with Crippen molar-refractivity contribution in [2.45, 2.75) is 61.7 Å². The van der Waals surface area contributed by atoms with Gasteiger partial charge in [0.1, 0.15) is 24.0 Å². The Bertz CT molecular complexity index is 1600. The number of benzene rings is 1. The minimum Gasteiger partial charge on any atom is -0.479 e. The van der Waals surface area contributed by atoms with Crippen molar-refractivity contribution < 1.29 is 61.1 Å². The zero-order valence-corrected chi connectivity index (χ0v) is 22.3. The summed E-state index contributed by atoms with van der Waals surface area (Å²) in [6.45, 7) is 1.14. The van der Waals surface area contributed by atoms with E-state index in [0.29, 0.717) is 22.7 Å². The molecule has 0 radical (unpaired) electrons. The van der Waals surface area contributed by atoms with E-state index in [-0.39, 0.29) is 17.8 Å². The highest BCUT2D eigenvalue weighted by atomic mass is 32.2. The molecule has 222 valence electrons. The van der Waals surface area contributed by atoms with Crippen molar-refractivity contribution in [2.24, 2.45) is 0 Å². The molecule has 0 bridgehead atoms. The topological polar surface area (TPSA) is 185 Å². The first-order valence-electron chi connectivity index (χ1n) is 12.0. The van der Waals surface area contributed by atoms with Crippen LogP contribution in [0.2, 0.25) is 0 Å². The molecule has 41 heavy (non-hydrogen) atoms. The lowest BCUT2D eigenvalue weighted by Gasteiger charge is -2.37. The second-order valence-corrected chi connectivity index (χ2v) is 11.5. The number of rotatable bonds is 7. The van der Waals surface area contributed by atoms with E-state index in [1.807, 2.05) is 0 Å². The van der Waals surface area contributed by atoms with E-state index in [2.05, 4.69) is 4.98 Å². The van der Waals surface area contributed by atoms with Gasteiger partial charge in [-0.25, -0.2) is 18.2 Å². The van der Waals surface area contributed by atoms with Gasteiger partial charge in [0, 0.05) is 30.1 Å². The van der Waals surface area contributed by atoms with Gasteiger partial charge in [-0.05, 0) is 42.3 Å². The number of hydrogen-bond donors (Lipinski definition) is 4. The van der Waals surface area contributed by atoms with Crippen LogP contribution in [-0.4, -0.2) is 87.3 Å². The highest BCUT2D eigenvalue weighted by Gasteiger charge is 2.48. The zero-order valence-electron chi connectivity index (χ0n) is 21.4. The molecule has 4 rings (SSSR count). The lowest BCUT2D eigenvalue weighted by molar-refractivity contribution is -0.286. The fraction of sp³-hybridized carbons (Fsp3) is 0.400. The van der Waals surface area contributed by atoms with Crippen molar-refractivity contribution >= 4 is 32.8 Å². The van der Waals surface area contributed by atoms with E-state index >= 15 is 0 Å². The number of sulfone groups is 1. The minimum absolute atomic E-state index is 0.214. The first-order chi connectivity index (χ1) is 19.0. The Morgan fingerprint density at radius 2 is 1.80 bits per heavy atom. The van der Waals surface area contributed by atoms with Crippen LogP contribution in [0.5, 0.6) is 0 Å². The predicted molar refractivity (Wildman–Crippen MR) is 132 cm³/mol. The van der Waals surface area contributed by atoms with Crippen molar-refractivity contribution in [1.82, 2.24) is 9.55 Å². The van der Waals surface area contributed by atoms with Crippen LogP contribution in [0.15, 0.2) is 41.4 Å². The molecule has 1 saturated heterocycles. The van der Waals surface area contributed by atoms with Crippen LogP contribution in [0.25, 0.3) is 11.0 Å². The number of carbonyl (C=O) groups excluding carboxylic acids is 1. The lowest BCUT2D eigenvalue weighted by Crippen LogP contribution is -2.60. The molecule has 1 unspecified atom stereocenters. The summed E-state index contributed by atoms with van der Waals surface area (Å²) in [6, 6.07) is 5.78. The summed E-state index contributed by atoms with van der Waals surface area (Å²) in [7, 11) is -3.92. The summed E-state index contributed by atoms with van der Waals surface area (Å²) in [5, 5.41) is 39.4. The van der Waals surface area contributed by atoms with Crippen molar-refractivity contribution in [2.75, 3.05) is 6.26 Å². The van der Waals surface area contributed by atoms with Gasteiger partial charge in [0.2, 0.25) is 6.29 Å². The molecule has 16 heteroatoms. The number of aromatic nitrogens is 2. The van der Waals surface area contributed by atoms with E-state index < -0.39 is 75.5 Å². The Morgan fingerprint density at radius 1 is 1.12 bits per heavy atom. The molecule has 0 spiro atoms. The second-order valence-electron chi connectivity index (χ2n) is 9.52. The van der Waals surface area contributed by atoms with Crippen LogP contribution in [0.3, 0.4) is 0 Å². The van der Waals surface area contributed by atoms with Gasteiger partial charge in [-0.3, -0.25) is 4.79 Å². The number of nitrogens with zero attached hydrogens (tertiary/aromatic N) is 2. The van der Waals surface area contributed by atoms with E-state index in [4.69, 9.17) is 9.47 Å². The summed E-state index contributed by atoms with van der Waals surface area (Å²) in [5.41, 5.74) is -0.585. The fourth-order valence-corrected chi connectivity index (χ4v) is 5.25. The molecule has 0 saturated carbocycles. The number of hydrogen-bond acceptors (Lipinski definition) is 10. The number of halogens is 3. The third-order valence-electron chi connectivity index (χ3n) is 6.73. The molecule has 2 aromatic heterocycles. The van der Waals surface area contributed by atoms with Crippen molar-refractivity contribution in [1.29, 1.82) is 0 Å². The van der Waals surface area contributed by atoms with Gasteiger partial charge in [-0.15, -0.1) is 0 Å². The van der Waals surface area contributed by atoms with Gasteiger partial charge in [0.05, 0.1) is 16.9 Å². The van der Waals surface area contributed by atoms with E-state index in [1.54, 1.807) is 6.07 Å². The monoisotopic (exact) mass is 602 g/mol. The van der Waals surface area contributed by atoms with Gasteiger partial charge in [0.25, 0.3) is 0 Å². The van der Waals surface area contributed by atoms with Crippen molar-refractivity contribution in [3.63, 3.8) is 0 Å². The maximum absolute atomic E-state index is 13.9. The highest BCUT2D eigenvalue weighted by Crippen LogP contribution is 2.35. The van der Waals surface area contributed by atoms with Gasteiger partial charge < -0.3 is 34.5 Å². The fourth-order valence-electron chi connectivity index (χ4n) is 4.60. The molecule has 1 fully saturated rings. The largest absolute Gasteiger partial charge is 0.479 e. The van der Waals surface area contributed by atoms with E-state index in [1.165, 1.54) is 23.8 Å². The van der Waals surface area contributed by atoms with Gasteiger partial charge in [-0.1, -0.05) is 6.07 Å². The summed E-state index contributed by atoms with van der Waals surface area (Å²) >= 11 is 0. The van der Waals surface area contributed by atoms with Gasteiger partial charge in [-0.2, -0.15) is 13.2 Å². The average Bonchev–Trinajstić information content (AvgIpc) is 3.13. The molecule has 12 nitrogen and oxygen atoms in total. The average molecular weight is 603 g/mol. The van der Waals surface area contributed by atoms with Crippen LogP contribution in [-0.2, 0) is 48.0 Å². The maximum Gasteiger partial charge on any atom is 0.416 e. The molecular formula is C25H25F3N2O10S. The Labute approximate surface area is 230 Å². The second kappa shape index (κ2) is 11.0. The summed E-state index contributed by atoms with van der Waals surface area (Å²) in [6.07, 6.45) is -13.1. The Balaban J connectivity index is 1.67. The number of esters is 1. The third-order valence-corrected chi connectivity index (χ3v) is 7.84. The SMILES string of the molecule is Cc1c(CC(=O)OC2O[C@H](C(=O)O)[C@@H](O)[C@H](O)[C@H]2O)c2cccnc2n1Cc1ccc(S(C)(=O)=O)cc1C(F)(F)F. The number of alkyl halides is 3. The molecule has 4 N–H and O–H groups in total. The smallest absolute Gasteiger partial charge is 0.416 e. The first kappa shape index (κ1) is 30.4. The number of aliphatic hydroxyl groups excluding tert-OH is 3. The number of aliphatic carboxylic acids is 1. The number of aliphatic hydroxyl groups is 3. The third kappa shape index (κ3) is 6.06. The summed E-state index contributed by atoms with van der Waals surface area (Å²) < 4.78 is 76.9. The number of carboxylic acid groups (broad SMARTS) is 1. The Hall–Kier alpha value is -3.57. The molecule has 0 aliphatic carbocycles. The predicted octanol–water partition coefficient (Wildman–Crippen LogP) is 0.793. The van der Waals surface area contributed by atoms with Crippen LogP contribution >= 0.6 is 0 Å². The molecule has 1 aliphatic heterocycles. The van der Waals surface area contributed by atoms with Crippen LogP contribution in [0, 0.1) is 6.92 Å². The van der Waals surface area contributed by atoms with E-state index in [9.17, 15) is 51.6 Å². The Kier molecular flexibility index (Phi) is 8.17. The highest BCUT2D eigenvalue weighted by molar-refractivity contribution is 7.90. The maximum atomic E-state index is 13.9. The minimum atomic E-state index is -4.88. The van der Waals surface area contributed by atoms with Gasteiger partial charge >= 0.3 is 18.1 Å². The molecule has 5 atom stereocenters. The number of fused-ring (bicyclic) bond motifs is 1. The molecule has 1 aromatic carbocycles. The normalized spacial score (nSPS) is 23.5. The summed E-state index contributed by atoms with van der Waals surface area (Å²) in [5.74, 6) is -2.71. The number of ether oxygens (including phenoxy) is 2. The van der Waals surface area contributed by atoms with Crippen LogP contribution in [0.1, 0.15) is 22.4 Å². The molecular weight excluding hydrogens is 577 g/mol. The molecule has 0 amide bonds. The summed E-state index contributed by atoms with van der Waals surface area (Å²) in [4.78, 5) is 27.9. The lowest BCUT2D eigenvalue weighted by atomic mass is 9.99. The van der Waals surface area contributed by atoms with Crippen molar-refractivity contribution in [3.8, 4) is 0 Å². The number of pyridine rings is 1. The zero-order chi connectivity index (χ0) is 30.4. The van der Waals surface area contributed by atoms with Crippen LogP contribution < -0.4 is 0 Å². The number of carboxylic acids is 1. The van der Waals surface area contributed by atoms with Crippen molar-refractivity contribution in [3.05, 3.63) is 58.9 Å². The van der Waals surface area contributed by atoms with E-state index in [0.717, 1.165) is 18.4 Å². The quantitative estimate of drug-likeness (QED) is 0.280. The first-order valence-corrected chi connectivity index (χ1v) is 13.8. The standard InChI is InChI=1S/C25H25F3N2O10S/c1-11-15(9-17(31)39-24-20(34)18(32)19(33)21(40-24)23(35)36)14-4-3-7-29-22(14)30(11)10-12-5-6-13(41(2,37)38)8-16(12)25(26,27)28/h3-8,18-21,24,32-34H,9-10H2,1-2H3,(H,35,36)/t18-,19-,20+,21-,24?/m0/s1.